The standard InChI is InChI=1S/C27H47NO2/c1-28-25-21-20-23-26(28)22-18-16-14-12-10-8-6-4-2-3-5-7-9-11-13-15-17-19-24-27(29)30/h20-21,23,25H,2-19,22,24H2,1H3/p+1. The number of hydrogen-bond acceptors (Lipinski definition) is 1. The van der Waals surface area contributed by atoms with Crippen LogP contribution in [0.2, 0.25) is 0 Å². The first-order valence-electron chi connectivity index (χ1n) is 12.9. The molecule has 0 spiro atoms. The molecular weight excluding hydrogens is 370 g/mol. The largest absolute Gasteiger partial charge is 0.481 e. The minimum Gasteiger partial charge on any atom is -0.481 e. The lowest BCUT2D eigenvalue weighted by Crippen LogP contribution is -2.32. The third-order valence-electron chi connectivity index (χ3n) is 6.24. The Hall–Kier alpha value is -1.38. The monoisotopic (exact) mass is 418 g/mol. The van der Waals surface area contributed by atoms with Crippen LogP contribution in [0.4, 0.5) is 0 Å². The summed E-state index contributed by atoms with van der Waals surface area (Å²) in [6.45, 7) is 0. The smallest absolute Gasteiger partial charge is 0.303 e. The average Bonchev–Trinajstić information content (AvgIpc) is 2.73. The van der Waals surface area contributed by atoms with E-state index in [-0.39, 0.29) is 0 Å². The van der Waals surface area contributed by atoms with E-state index in [9.17, 15) is 4.79 Å². The van der Waals surface area contributed by atoms with Gasteiger partial charge in [0.2, 0.25) is 0 Å². The van der Waals surface area contributed by atoms with Gasteiger partial charge in [0.1, 0.15) is 7.05 Å². The molecule has 0 fully saturated rings. The van der Waals surface area contributed by atoms with Gasteiger partial charge in [-0.1, -0.05) is 109 Å². The van der Waals surface area contributed by atoms with Gasteiger partial charge < -0.3 is 5.11 Å². The maximum Gasteiger partial charge on any atom is 0.303 e. The summed E-state index contributed by atoms with van der Waals surface area (Å²) in [4.78, 5) is 10.4. The molecule has 1 aromatic rings. The van der Waals surface area contributed by atoms with Crippen molar-refractivity contribution in [1.82, 2.24) is 0 Å². The van der Waals surface area contributed by atoms with Crippen LogP contribution in [0, 0.1) is 0 Å². The summed E-state index contributed by atoms with van der Waals surface area (Å²) in [6, 6.07) is 6.49. The molecule has 1 rings (SSSR count). The minimum atomic E-state index is -0.654. The number of aliphatic carboxylic acids is 1. The second-order valence-corrected chi connectivity index (χ2v) is 9.06. The Morgan fingerprint density at radius 3 is 1.47 bits per heavy atom. The summed E-state index contributed by atoms with van der Waals surface area (Å²) in [5.74, 6) is -0.654. The summed E-state index contributed by atoms with van der Waals surface area (Å²) in [5.41, 5.74) is 1.45. The summed E-state index contributed by atoms with van der Waals surface area (Å²) >= 11 is 0. The maximum absolute atomic E-state index is 10.4. The molecular formula is C27H48NO2+. The van der Waals surface area contributed by atoms with Gasteiger partial charge in [-0.05, 0) is 12.8 Å². The zero-order valence-electron chi connectivity index (χ0n) is 19.8. The number of hydrogen-bond donors (Lipinski definition) is 1. The Kier molecular flexibility index (Phi) is 17.4. The van der Waals surface area contributed by atoms with Crippen LogP contribution in [-0.2, 0) is 18.3 Å². The van der Waals surface area contributed by atoms with Crippen LogP contribution >= 0.6 is 0 Å². The topological polar surface area (TPSA) is 41.2 Å². The molecule has 1 aromatic heterocycles. The van der Waals surface area contributed by atoms with E-state index < -0.39 is 5.97 Å². The van der Waals surface area contributed by atoms with Crippen LogP contribution in [-0.4, -0.2) is 11.1 Å². The van der Waals surface area contributed by atoms with Crippen LogP contribution < -0.4 is 4.57 Å². The number of rotatable bonds is 21. The zero-order chi connectivity index (χ0) is 21.7. The van der Waals surface area contributed by atoms with E-state index >= 15 is 0 Å². The van der Waals surface area contributed by atoms with Crippen molar-refractivity contribution < 1.29 is 14.5 Å². The fraction of sp³-hybridized carbons (Fsp3) is 0.778. The van der Waals surface area contributed by atoms with Crippen molar-refractivity contribution in [2.75, 3.05) is 0 Å². The lowest BCUT2D eigenvalue weighted by molar-refractivity contribution is -0.679. The van der Waals surface area contributed by atoms with Crippen LogP contribution in [0.1, 0.15) is 128 Å². The van der Waals surface area contributed by atoms with Gasteiger partial charge in [0.05, 0.1) is 0 Å². The van der Waals surface area contributed by atoms with Crippen LogP contribution in [0.5, 0.6) is 0 Å². The third kappa shape index (κ3) is 16.4. The van der Waals surface area contributed by atoms with E-state index in [1.165, 1.54) is 115 Å². The summed E-state index contributed by atoms with van der Waals surface area (Å²) in [7, 11) is 2.14. The maximum atomic E-state index is 10.4. The van der Waals surface area contributed by atoms with Gasteiger partial charge >= 0.3 is 5.97 Å². The minimum absolute atomic E-state index is 0.341. The van der Waals surface area contributed by atoms with Gasteiger partial charge in [-0.25, -0.2) is 4.57 Å². The van der Waals surface area contributed by atoms with Gasteiger partial charge in [-0.2, -0.15) is 0 Å². The zero-order valence-corrected chi connectivity index (χ0v) is 19.8. The molecule has 0 saturated carbocycles. The molecule has 0 atom stereocenters. The molecule has 0 aliphatic carbocycles. The Morgan fingerprint density at radius 2 is 1.07 bits per heavy atom. The number of carboxylic acids is 1. The van der Waals surface area contributed by atoms with E-state index in [0.29, 0.717) is 6.42 Å². The highest BCUT2D eigenvalue weighted by Crippen LogP contribution is 2.15. The highest BCUT2D eigenvalue weighted by molar-refractivity contribution is 5.66. The van der Waals surface area contributed by atoms with E-state index in [2.05, 4.69) is 36.0 Å². The number of aromatic nitrogens is 1. The van der Waals surface area contributed by atoms with Crippen LogP contribution in [0.15, 0.2) is 24.4 Å². The molecule has 172 valence electrons. The van der Waals surface area contributed by atoms with Crippen molar-refractivity contribution in [2.45, 2.75) is 128 Å². The fourth-order valence-corrected chi connectivity index (χ4v) is 4.23. The predicted octanol–water partition coefficient (Wildman–Crippen LogP) is 7.55. The molecule has 0 amide bonds. The molecule has 1 N–H and O–H groups in total. The van der Waals surface area contributed by atoms with Gasteiger partial charge in [-0.15, -0.1) is 0 Å². The SMILES string of the molecule is C[n+]1ccccc1CCCCCCCCCCCCCCCCCCCCC(=O)O. The van der Waals surface area contributed by atoms with Crippen molar-refractivity contribution in [3.63, 3.8) is 0 Å². The van der Waals surface area contributed by atoms with Gasteiger partial charge in [-0.3, -0.25) is 4.79 Å². The lowest BCUT2D eigenvalue weighted by atomic mass is 10.0. The van der Waals surface area contributed by atoms with Crippen LogP contribution in [0.25, 0.3) is 0 Å². The van der Waals surface area contributed by atoms with Crippen molar-refractivity contribution >= 4 is 5.97 Å². The number of unbranched alkanes of at least 4 members (excludes halogenated alkanes) is 17. The van der Waals surface area contributed by atoms with Gasteiger partial charge in [0, 0.05) is 25.0 Å². The average molecular weight is 419 g/mol. The van der Waals surface area contributed by atoms with Gasteiger partial charge in [0.25, 0.3) is 0 Å². The van der Waals surface area contributed by atoms with Crippen molar-refractivity contribution in [1.29, 1.82) is 0 Å². The second kappa shape index (κ2) is 19.6. The lowest BCUT2D eigenvalue weighted by Gasteiger charge is -2.04. The first-order valence-corrected chi connectivity index (χ1v) is 12.9. The Bertz CT molecular complexity index is 529. The second-order valence-electron chi connectivity index (χ2n) is 9.06. The van der Waals surface area contributed by atoms with Crippen molar-refractivity contribution in [2.24, 2.45) is 7.05 Å². The van der Waals surface area contributed by atoms with E-state index in [1.54, 1.807) is 0 Å². The Morgan fingerprint density at radius 1 is 0.667 bits per heavy atom. The summed E-state index contributed by atoms with van der Waals surface area (Å²) in [5, 5.41) is 8.60. The normalized spacial score (nSPS) is 11.1. The number of carboxylic acid groups (broad SMARTS) is 1. The fourth-order valence-electron chi connectivity index (χ4n) is 4.23. The highest BCUT2D eigenvalue weighted by atomic mass is 16.4. The number of nitrogens with zero attached hydrogens (tertiary/aromatic N) is 1. The molecule has 30 heavy (non-hydrogen) atoms. The highest BCUT2D eigenvalue weighted by Gasteiger charge is 2.03. The van der Waals surface area contributed by atoms with E-state index in [1.807, 2.05) is 0 Å². The molecule has 0 aliphatic rings. The first-order chi connectivity index (χ1) is 14.7. The predicted molar refractivity (Wildman–Crippen MR) is 127 cm³/mol. The number of aryl methyl sites for hydroxylation is 2. The van der Waals surface area contributed by atoms with Gasteiger partial charge in [0.15, 0.2) is 11.9 Å². The Labute approximate surface area is 186 Å². The summed E-state index contributed by atoms with van der Waals surface area (Å²) in [6.07, 6.45) is 27.6. The van der Waals surface area contributed by atoms with Crippen molar-refractivity contribution in [3.8, 4) is 0 Å². The molecule has 1 heterocycles. The first kappa shape index (κ1) is 26.7. The number of pyridine rings is 1. The third-order valence-corrected chi connectivity index (χ3v) is 6.24. The molecule has 3 heteroatoms. The van der Waals surface area contributed by atoms with E-state index in [4.69, 9.17) is 5.11 Å². The van der Waals surface area contributed by atoms with Crippen molar-refractivity contribution in [3.05, 3.63) is 30.1 Å². The Balaban J connectivity index is 1.71. The van der Waals surface area contributed by atoms with Crippen LogP contribution in [0.3, 0.4) is 0 Å². The summed E-state index contributed by atoms with van der Waals surface area (Å²) < 4.78 is 2.24. The molecule has 0 bridgehead atoms. The molecule has 3 nitrogen and oxygen atoms in total. The molecule has 0 aromatic carbocycles. The van der Waals surface area contributed by atoms with E-state index in [0.717, 1.165) is 12.8 Å². The molecule has 0 saturated heterocycles. The molecule has 0 unspecified atom stereocenters. The number of carbonyl (C=O) groups is 1. The molecule has 0 aliphatic heterocycles. The quantitative estimate of drug-likeness (QED) is 0.165. The molecule has 0 radical (unpaired) electrons.